The molecular formula is C15H20N2O3. The van der Waals surface area contributed by atoms with E-state index in [1.807, 2.05) is 4.90 Å². The third-order valence-electron chi connectivity index (χ3n) is 3.76. The number of phenolic OH excluding ortho intramolecular Hbond substituents is 1. The summed E-state index contributed by atoms with van der Waals surface area (Å²) in [6, 6.07) is 3.16. The van der Waals surface area contributed by atoms with Crippen LogP contribution in [0, 0.1) is 0 Å². The summed E-state index contributed by atoms with van der Waals surface area (Å²) in [5, 5.41) is 9.75. The van der Waals surface area contributed by atoms with E-state index in [-0.39, 0.29) is 23.4 Å². The van der Waals surface area contributed by atoms with Crippen LogP contribution < -0.4 is 4.74 Å². The minimum atomic E-state index is -0.0853. The number of aliphatic imine (C=N–C) groups is 1. The van der Waals surface area contributed by atoms with Crippen molar-refractivity contribution in [1.29, 1.82) is 0 Å². The molecule has 1 aromatic rings. The summed E-state index contributed by atoms with van der Waals surface area (Å²) in [6.45, 7) is 6.26. The predicted octanol–water partition coefficient (Wildman–Crippen LogP) is 2.75. The molecule has 0 aliphatic carbocycles. The van der Waals surface area contributed by atoms with Crippen molar-refractivity contribution in [2.45, 2.75) is 32.2 Å². The number of amides is 1. The van der Waals surface area contributed by atoms with E-state index >= 15 is 0 Å². The molecule has 108 valence electrons. The molecule has 1 aliphatic heterocycles. The van der Waals surface area contributed by atoms with Gasteiger partial charge in [0.15, 0.2) is 11.5 Å². The van der Waals surface area contributed by atoms with E-state index < -0.39 is 0 Å². The Morgan fingerprint density at radius 2 is 2.25 bits per heavy atom. The molecular weight excluding hydrogens is 256 g/mol. The number of aromatic hydroxyl groups is 1. The Kier molecular flexibility index (Phi) is 4.27. The summed E-state index contributed by atoms with van der Waals surface area (Å²) in [5.74, 6) is 0.140. The zero-order valence-electron chi connectivity index (χ0n) is 11.9. The summed E-state index contributed by atoms with van der Waals surface area (Å²) in [7, 11) is 1.45. The number of carbonyl (C=O) groups is 1. The predicted molar refractivity (Wildman–Crippen MR) is 78.2 cm³/mol. The summed E-state index contributed by atoms with van der Waals surface area (Å²) in [4.78, 5) is 18.4. The Morgan fingerprint density at radius 3 is 2.85 bits per heavy atom. The van der Waals surface area contributed by atoms with Crippen LogP contribution in [0.15, 0.2) is 17.1 Å². The summed E-state index contributed by atoms with van der Waals surface area (Å²) < 4.78 is 5.07. The lowest BCUT2D eigenvalue weighted by Crippen LogP contribution is -2.42. The molecule has 0 aromatic heterocycles. The first-order valence-electron chi connectivity index (χ1n) is 6.77. The summed E-state index contributed by atoms with van der Waals surface area (Å²) in [5.41, 5.74) is 0.800. The van der Waals surface area contributed by atoms with Crippen LogP contribution in [0.1, 0.15) is 36.5 Å². The molecule has 2 rings (SSSR count). The van der Waals surface area contributed by atoms with Crippen molar-refractivity contribution in [2.24, 2.45) is 4.99 Å². The van der Waals surface area contributed by atoms with Gasteiger partial charge in [-0.3, -0.25) is 9.79 Å². The van der Waals surface area contributed by atoms with Gasteiger partial charge in [0.25, 0.3) is 5.91 Å². The fraction of sp³-hybridized carbons (Fsp3) is 0.467. The zero-order valence-corrected chi connectivity index (χ0v) is 11.9. The fourth-order valence-electron chi connectivity index (χ4n) is 2.58. The van der Waals surface area contributed by atoms with E-state index in [2.05, 4.69) is 18.6 Å². The molecule has 1 heterocycles. The second kappa shape index (κ2) is 5.94. The van der Waals surface area contributed by atoms with Crippen LogP contribution in [0.2, 0.25) is 0 Å². The lowest BCUT2D eigenvalue weighted by Gasteiger charge is -2.33. The number of likely N-dealkylation sites (tertiary alicyclic amines) is 1. The van der Waals surface area contributed by atoms with Crippen molar-refractivity contribution in [1.82, 2.24) is 4.90 Å². The van der Waals surface area contributed by atoms with Crippen LogP contribution in [0.5, 0.6) is 11.5 Å². The second-order valence-electron chi connectivity index (χ2n) is 5.04. The average Bonchev–Trinajstić information content (AvgIpc) is 2.46. The standard InChI is InChI=1S/C15H20N2O3/c1-10-6-4-5-7-17(10)15(19)11-8-14(20-3)13(18)9-12(11)16-2/h8-10,18H,2,4-7H2,1,3H3/t10-/m1/s1. The molecule has 0 saturated carbocycles. The lowest BCUT2D eigenvalue weighted by atomic mass is 10.0. The van der Waals surface area contributed by atoms with E-state index in [9.17, 15) is 9.90 Å². The van der Waals surface area contributed by atoms with E-state index in [4.69, 9.17) is 4.74 Å². The molecule has 0 unspecified atom stereocenters. The van der Waals surface area contributed by atoms with Crippen molar-refractivity contribution in [3.05, 3.63) is 17.7 Å². The van der Waals surface area contributed by atoms with Crippen molar-refractivity contribution in [3.63, 3.8) is 0 Å². The number of piperidine rings is 1. The van der Waals surface area contributed by atoms with E-state index in [1.54, 1.807) is 0 Å². The molecule has 5 nitrogen and oxygen atoms in total. The van der Waals surface area contributed by atoms with E-state index in [0.717, 1.165) is 25.8 Å². The number of benzene rings is 1. The van der Waals surface area contributed by atoms with Crippen LogP contribution in [0.3, 0.4) is 0 Å². The molecule has 1 atom stereocenters. The van der Waals surface area contributed by atoms with Gasteiger partial charge in [0, 0.05) is 18.7 Å². The highest BCUT2D eigenvalue weighted by molar-refractivity contribution is 6.00. The van der Waals surface area contributed by atoms with Gasteiger partial charge in [-0.2, -0.15) is 0 Å². The second-order valence-corrected chi connectivity index (χ2v) is 5.04. The molecule has 1 amide bonds. The maximum Gasteiger partial charge on any atom is 0.256 e. The van der Waals surface area contributed by atoms with Gasteiger partial charge < -0.3 is 14.7 Å². The number of phenols is 1. The quantitative estimate of drug-likeness (QED) is 0.863. The smallest absolute Gasteiger partial charge is 0.256 e. The number of hydrogen-bond donors (Lipinski definition) is 1. The van der Waals surface area contributed by atoms with E-state index in [0.29, 0.717) is 11.3 Å². The van der Waals surface area contributed by atoms with Crippen LogP contribution in [0.25, 0.3) is 0 Å². The van der Waals surface area contributed by atoms with Gasteiger partial charge in [-0.15, -0.1) is 0 Å². The Balaban J connectivity index is 2.39. The maximum atomic E-state index is 12.7. The Labute approximate surface area is 118 Å². The van der Waals surface area contributed by atoms with Crippen LogP contribution in [0.4, 0.5) is 5.69 Å². The number of carbonyl (C=O) groups excluding carboxylic acids is 1. The average molecular weight is 276 g/mol. The van der Waals surface area contributed by atoms with Crippen molar-refractivity contribution in [3.8, 4) is 11.5 Å². The van der Waals surface area contributed by atoms with Gasteiger partial charge in [-0.05, 0) is 39.0 Å². The fourth-order valence-corrected chi connectivity index (χ4v) is 2.58. The largest absolute Gasteiger partial charge is 0.504 e. The molecule has 20 heavy (non-hydrogen) atoms. The summed E-state index contributed by atoms with van der Waals surface area (Å²) >= 11 is 0. The molecule has 1 aromatic carbocycles. The maximum absolute atomic E-state index is 12.7. The topological polar surface area (TPSA) is 62.1 Å². The number of hydrogen-bond acceptors (Lipinski definition) is 4. The first-order chi connectivity index (χ1) is 9.58. The SMILES string of the molecule is C=Nc1cc(O)c(OC)cc1C(=O)N1CCCC[C@H]1C. The molecule has 0 spiro atoms. The third kappa shape index (κ3) is 2.61. The Bertz CT molecular complexity index is 528. The Morgan fingerprint density at radius 1 is 1.50 bits per heavy atom. The molecule has 0 radical (unpaired) electrons. The number of rotatable bonds is 3. The van der Waals surface area contributed by atoms with Gasteiger partial charge in [0.1, 0.15) is 0 Å². The van der Waals surface area contributed by atoms with Gasteiger partial charge in [0.05, 0.1) is 18.4 Å². The van der Waals surface area contributed by atoms with Crippen molar-refractivity contribution < 1.29 is 14.6 Å². The van der Waals surface area contributed by atoms with Gasteiger partial charge in [0.2, 0.25) is 0 Å². The van der Waals surface area contributed by atoms with Crippen molar-refractivity contribution >= 4 is 18.3 Å². The molecule has 1 saturated heterocycles. The van der Waals surface area contributed by atoms with Crippen LogP contribution in [-0.4, -0.2) is 42.3 Å². The molecule has 1 N–H and O–H groups in total. The van der Waals surface area contributed by atoms with Gasteiger partial charge in [-0.25, -0.2) is 0 Å². The van der Waals surface area contributed by atoms with Crippen molar-refractivity contribution in [2.75, 3.05) is 13.7 Å². The highest BCUT2D eigenvalue weighted by Gasteiger charge is 2.26. The normalized spacial score (nSPS) is 18.7. The first kappa shape index (κ1) is 14.4. The lowest BCUT2D eigenvalue weighted by molar-refractivity contribution is 0.0636. The minimum absolute atomic E-state index is 0.0434. The third-order valence-corrected chi connectivity index (χ3v) is 3.76. The zero-order chi connectivity index (χ0) is 14.7. The van der Waals surface area contributed by atoms with E-state index in [1.165, 1.54) is 19.2 Å². The summed E-state index contributed by atoms with van der Waals surface area (Å²) in [6.07, 6.45) is 3.18. The van der Waals surface area contributed by atoms with Gasteiger partial charge in [-0.1, -0.05) is 0 Å². The monoisotopic (exact) mass is 276 g/mol. The molecule has 1 fully saturated rings. The molecule has 5 heteroatoms. The van der Waals surface area contributed by atoms with Crippen LogP contribution >= 0.6 is 0 Å². The number of nitrogens with zero attached hydrogens (tertiary/aromatic N) is 2. The highest BCUT2D eigenvalue weighted by atomic mass is 16.5. The van der Waals surface area contributed by atoms with Gasteiger partial charge >= 0.3 is 0 Å². The number of methoxy groups -OCH3 is 1. The minimum Gasteiger partial charge on any atom is -0.504 e. The highest BCUT2D eigenvalue weighted by Crippen LogP contribution is 2.35. The van der Waals surface area contributed by atoms with Crippen LogP contribution in [-0.2, 0) is 0 Å². The Hall–Kier alpha value is -2.04. The molecule has 0 bridgehead atoms. The molecule has 1 aliphatic rings. The number of ether oxygens (including phenoxy) is 1. The first-order valence-corrected chi connectivity index (χ1v) is 6.77.